The molecule has 1 unspecified atom stereocenters. The molecular weight excluding hydrogens is 214 g/mol. The summed E-state index contributed by atoms with van der Waals surface area (Å²) in [6, 6.07) is 3.97. The topological polar surface area (TPSA) is 51.4 Å². The van der Waals surface area contributed by atoms with Gasteiger partial charge < -0.3 is 15.4 Å². The van der Waals surface area contributed by atoms with Gasteiger partial charge in [0.1, 0.15) is 5.82 Å². The van der Waals surface area contributed by atoms with E-state index in [1.165, 1.54) is 0 Å². The molecule has 94 valence electrons. The van der Waals surface area contributed by atoms with Gasteiger partial charge in [-0.1, -0.05) is 6.92 Å². The first-order valence-electron chi connectivity index (χ1n) is 6.38. The van der Waals surface area contributed by atoms with Gasteiger partial charge in [-0.15, -0.1) is 0 Å². The quantitative estimate of drug-likeness (QED) is 0.868. The summed E-state index contributed by atoms with van der Waals surface area (Å²) < 4.78 is 5.82. The molecule has 1 saturated heterocycles. The molecule has 0 aliphatic carbocycles. The predicted octanol–water partition coefficient (Wildman–Crippen LogP) is 2.06. The van der Waals surface area contributed by atoms with Crippen LogP contribution in [0.3, 0.4) is 0 Å². The molecule has 0 amide bonds. The van der Waals surface area contributed by atoms with Crippen molar-refractivity contribution in [2.45, 2.75) is 32.3 Å². The fourth-order valence-electron chi connectivity index (χ4n) is 2.25. The number of nitrogens with two attached hydrogens (primary N) is 1. The van der Waals surface area contributed by atoms with Crippen molar-refractivity contribution in [2.24, 2.45) is 0 Å². The Kier molecular flexibility index (Phi) is 4.20. The Hall–Kier alpha value is -1.29. The summed E-state index contributed by atoms with van der Waals surface area (Å²) in [6.45, 7) is 4.96. The molecule has 2 rings (SSSR count). The Balaban J connectivity index is 1.99. The maximum absolute atomic E-state index is 5.90. The molecule has 0 aromatic carbocycles. The molecule has 17 heavy (non-hydrogen) atoms. The number of nitrogen functional groups attached to an aromatic ring is 1. The summed E-state index contributed by atoms with van der Waals surface area (Å²) in [7, 11) is 0. The number of rotatable bonds is 4. The van der Waals surface area contributed by atoms with E-state index in [4.69, 9.17) is 10.5 Å². The first-order valence-corrected chi connectivity index (χ1v) is 6.38. The highest BCUT2D eigenvalue weighted by atomic mass is 16.5. The normalized spacial score (nSPS) is 20.5. The number of hydrogen-bond acceptors (Lipinski definition) is 4. The van der Waals surface area contributed by atoms with Crippen molar-refractivity contribution in [1.82, 2.24) is 4.98 Å². The molecule has 1 atom stereocenters. The van der Waals surface area contributed by atoms with Gasteiger partial charge in [-0.2, -0.15) is 0 Å². The summed E-state index contributed by atoms with van der Waals surface area (Å²) in [5.74, 6) is 0.614. The third-order valence-electron chi connectivity index (χ3n) is 3.09. The molecule has 4 nitrogen and oxygen atoms in total. The van der Waals surface area contributed by atoms with Crippen molar-refractivity contribution in [2.75, 3.05) is 30.3 Å². The van der Waals surface area contributed by atoms with Gasteiger partial charge >= 0.3 is 0 Å². The molecule has 1 aliphatic heterocycles. The average Bonchev–Trinajstić information content (AvgIpc) is 2.37. The number of anilines is 2. The standard InChI is InChI=1S/C13H21N3O/c1-2-9-17-11-5-4-8-16(10-11)12-6-3-7-15-13(12)14/h3,6-7,11H,2,4-5,8-10H2,1H3,(H2,14,15). The van der Waals surface area contributed by atoms with Crippen LogP contribution in [0.4, 0.5) is 11.5 Å². The van der Waals surface area contributed by atoms with Gasteiger partial charge in [-0.05, 0) is 31.4 Å². The van der Waals surface area contributed by atoms with E-state index < -0.39 is 0 Å². The van der Waals surface area contributed by atoms with Gasteiger partial charge in [0.05, 0.1) is 11.8 Å². The van der Waals surface area contributed by atoms with Crippen LogP contribution < -0.4 is 10.6 Å². The molecule has 1 aromatic rings. The van der Waals surface area contributed by atoms with Gasteiger partial charge in [0.25, 0.3) is 0 Å². The number of aromatic nitrogens is 1. The van der Waals surface area contributed by atoms with Gasteiger partial charge in [0.2, 0.25) is 0 Å². The number of nitrogens with zero attached hydrogens (tertiary/aromatic N) is 2. The van der Waals surface area contributed by atoms with Gasteiger partial charge in [0, 0.05) is 25.9 Å². The molecule has 2 heterocycles. The number of hydrogen-bond donors (Lipinski definition) is 1. The third-order valence-corrected chi connectivity index (χ3v) is 3.09. The van der Waals surface area contributed by atoms with E-state index in [2.05, 4.69) is 16.8 Å². The number of ether oxygens (including phenoxy) is 1. The number of pyridine rings is 1. The van der Waals surface area contributed by atoms with Gasteiger partial charge in [-0.25, -0.2) is 4.98 Å². The Morgan fingerprint density at radius 3 is 3.24 bits per heavy atom. The first-order chi connectivity index (χ1) is 8.31. The highest BCUT2D eigenvalue weighted by molar-refractivity contribution is 5.63. The van der Waals surface area contributed by atoms with Crippen LogP contribution in [-0.2, 0) is 4.74 Å². The maximum Gasteiger partial charge on any atom is 0.146 e. The molecule has 0 spiro atoms. The highest BCUT2D eigenvalue weighted by Crippen LogP contribution is 2.25. The Bertz CT molecular complexity index is 356. The lowest BCUT2D eigenvalue weighted by Crippen LogP contribution is -2.40. The monoisotopic (exact) mass is 235 g/mol. The summed E-state index contributed by atoms with van der Waals surface area (Å²) in [5.41, 5.74) is 6.94. The van der Waals surface area contributed by atoms with Crippen LogP contribution in [0.25, 0.3) is 0 Å². The Morgan fingerprint density at radius 1 is 1.59 bits per heavy atom. The second-order valence-corrected chi connectivity index (χ2v) is 4.49. The van der Waals surface area contributed by atoms with Gasteiger partial charge in [-0.3, -0.25) is 0 Å². The molecular formula is C13H21N3O. The first kappa shape index (κ1) is 12.2. The lowest BCUT2D eigenvalue weighted by atomic mass is 10.1. The van der Waals surface area contributed by atoms with E-state index in [1.54, 1.807) is 6.20 Å². The zero-order valence-corrected chi connectivity index (χ0v) is 10.4. The van der Waals surface area contributed by atoms with E-state index in [0.29, 0.717) is 11.9 Å². The van der Waals surface area contributed by atoms with Crippen molar-refractivity contribution >= 4 is 11.5 Å². The Labute approximate surface area is 103 Å². The van der Waals surface area contributed by atoms with E-state index >= 15 is 0 Å². The van der Waals surface area contributed by atoms with Crippen molar-refractivity contribution < 1.29 is 4.74 Å². The second-order valence-electron chi connectivity index (χ2n) is 4.49. The third kappa shape index (κ3) is 3.09. The van der Waals surface area contributed by atoms with E-state index in [9.17, 15) is 0 Å². The Morgan fingerprint density at radius 2 is 2.47 bits per heavy atom. The molecule has 2 N–H and O–H groups in total. The molecule has 1 aromatic heterocycles. The highest BCUT2D eigenvalue weighted by Gasteiger charge is 2.21. The van der Waals surface area contributed by atoms with Crippen LogP contribution in [0, 0.1) is 0 Å². The summed E-state index contributed by atoms with van der Waals surface area (Å²) >= 11 is 0. The molecule has 1 fully saturated rings. The SMILES string of the molecule is CCCOC1CCCN(c2cccnc2N)C1. The minimum absolute atomic E-state index is 0.336. The van der Waals surface area contributed by atoms with Crippen LogP contribution >= 0.6 is 0 Å². The minimum Gasteiger partial charge on any atom is -0.382 e. The summed E-state index contributed by atoms with van der Waals surface area (Å²) in [5, 5.41) is 0. The fourth-order valence-corrected chi connectivity index (χ4v) is 2.25. The number of piperidine rings is 1. The van der Waals surface area contributed by atoms with Crippen LogP contribution in [0.5, 0.6) is 0 Å². The summed E-state index contributed by atoms with van der Waals surface area (Å²) in [4.78, 5) is 6.42. The van der Waals surface area contributed by atoms with Crippen molar-refractivity contribution in [1.29, 1.82) is 0 Å². The van der Waals surface area contributed by atoms with Gasteiger partial charge in [0.15, 0.2) is 0 Å². The lowest BCUT2D eigenvalue weighted by Gasteiger charge is -2.34. The zero-order valence-electron chi connectivity index (χ0n) is 10.4. The van der Waals surface area contributed by atoms with Crippen molar-refractivity contribution in [3.05, 3.63) is 18.3 Å². The smallest absolute Gasteiger partial charge is 0.146 e. The molecule has 0 radical (unpaired) electrons. The maximum atomic E-state index is 5.90. The molecule has 4 heteroatoms. The average molecular weight is 235 g/mol. The van der Waals surface area contributed by atoms with E-state index in [-0.39, 0.29) is 0 Å². The predicted molar refractivity (Wildman–Crippen MR) is 70.1 cm³/mol. The second kappa shape index (κ2) is 5.87. The van der Waals surface area contributed by atoms with E-state index in [0.717, 1.165) is 44.6 Å². The van der Waals surface area contributed by atoms with Crippen molar-refractivity contribution in [3.63, 3.8) is 0 Å². The van der Waals surface area contributed by atoms with Crippen LogP contribution in [0.15, 0.2) is 18.3 Å². The van der Waals surface area contributed by atoms with Crippen molar-refractivity contribution in [3.8, 4) is 0 Å². The largest absolute Gasteiger partial charge is 0.382 e. The van der Waals surface area contributed by atoms with E-state index in [1.807, 2.05) is 12.1 Å². The molecule has 0 bridgehead atoms. The molecule has 0 saturated carbocycles. The van der Waals surface area contributed by atoms with Crippen LogP contribution in [-0.4, -0.2) is 30.8 Å². The van der Waals surface area contributed by atoms with Crippen LogP contribution in [0.2, 0.25) is 0 Å². The zero-order chi connectivity index (χ0) is 12.1. The van der Waals surface area contributed by atoms with Crippen LogP contribution in [0.1, 0.15) is 26.2 Å². The lowest BCUT2D eigenvalue weighted by molar-refractivity contribution is 0.0441. The minimum atomic E-state index is 0.336. The summed E-state index contributed by atoms with van der Waals surface area (Å²) in [6.07, 6.45) is 5.45. The fraction of sp³-hybridized carbons (Fsp3) is 0.615. The molecule has 1 aliphatic rings.